The lowest BCUT2D eigenvalue weighted by Gasteiger charge is -2.33. The van der Waals surface area contributed by atoms with Crippen LogP contribution in [-0.4, -0.2) is 46.6 Å². The summed E-state index contributed by atoms with van der Waals surface area (Å²) < 4.78 is 22.0. The lowest BCUT2D eigenvalue weighted by molar-refractivity contribution is -0.189. The molecule has 0 aromatic heterocycles. The van der Waals surface area contributed by atoms with Crippen LogP contribution in [0, 0.1) is 5.92 Å². The Labute approximate surface area is 174 Å². The van der Waals surface area contributed by atoms with Gasteiger partial charge in [-0.1, -0.05) is 19.6 Å². The molecule has 0 unspecified atom stereocenters. The average molecular weight is 418 g/mol. The fourth-order valence-corrected chi connectivity index (χ4v) is 3.83. The first-order chi connectivity index (χ1) is 14.0. The fraction of sp³-hybridized carbons (Fsp3) is 0.500. The highest BCUT2D eigenvalue weighted by molar-refractivity contribution is 5.92. The second-order valence-corrected chi connectivity index (χ2v) is 7.84. The van der Waals surface area contributed by atoms with Crippen LogP contribution in [-0.2, 0) is 33.3 Å². The first-order valence-corrected chi connectivity index (χ1v) is 9.81. The van der Waals surface area contributed by atoms with E-state index in [0.29, 0.717) is 5.57 Å². The molecule has 3 heterocycles. The molecule has 3 rings (SSSR count). The van der Waals surface area contributed by atoms with Gasteiger partial charge in [0.25, 0.3) is 0 Å². The van der Waals surface area contributed by atoms with E-state index >= 15 is 0 Å². The summed E-state index contributed by atoms with van der Waals surface area (Å²) in [6, 6.07) is 0. The van der Waals surface area contributed by atoms with Crippen molar-refractivity contribution in [2.75, 3.05) is 0 Å². The van der Waals surface area contributed by atoms with Gasteiger partial charge in [-0.25, -0.2) is 9.59 Å². The minimum Gasteiger partial charge on any atom is -0.456 e. The van der Waals surface area contributed by atoms with E-state index in [1.165, 1.54) is 12.2 Å². The second-order valence-electron chi connectivity index (χ2n) is 7.84. The van der Waals surface area contributed by atoms with Crippen molar-refractivity contribution in [1.29, 1.82) is 0 Å². The van der Waals surface area contributed by atoms with E-state index in [2.05, 4.69) is 6.58 Å². The first kappa shape index (κ1) is 22.0. The number of aliphatic hydroxyl groups is 1. The maximum absolute atomic E-state index is 12.7. The Morgan fingerprint density at radius 2 is 2.10 bits per heavy atom. The maximum Gasteiger partial charge on any atom is 0.374 e. The molecule has 1 fully saturated rings. The normalized spacial score (nSPS) is 37.3. The zero-order chi connectivity index (χ0) is 22.3. The molecule has 30 heavy (non-hydrogen) atoms. The van der Waals surface area contributed by atoms with Gasteiger partial charge in [-0.2, -0.15) is 0 Å². The molecule has 3 aliphatic heterocycles. The fourth-order valence-electron chi connectivity index (χ4n) is 3.83. The van der Waals surface area contributed by atoms with Crippen molar-refractivity contribution in [1.82, 2.24) is 0 Å². The summed E-state index contributed by atoms with van der Waals surface area (Å²) >= 11 is 0. The molecule has 0 spiro atoms. The Morgan fingerprint density at radius 3 is 2.73 bits per heavy atom. The standard InChI is InChI=1S/C22H26O8/c1-6-14(27-17(23)7-2)20(25)29-16-11-21(5)8-9-22(26,30-21)12(3)10-15-18(16)13(4)19(24)28-15/h6,8-10,15-16,18,26H,4,7,11H2,1-3,5H3/b12-10-,14-6+/t15-,16+,18+,21+,22-/m1/s1. The Kier molecular flexibility index (Phi) is 5.75. The summed E-state index contributed by atoms with van der Waals surface area (Å²) in [6.45, 7) is 10.4. The van der Waals surface area contributed by atoms with Crippen molar-refractivity contribution in [3.05, 3.63) is 47.8 Å². The van der Waals surface area contributed by atoms with E-state index in [9.17, 15) is 19.5 Å². The average Bonchev–Trinajstić information content (AvgIpc) is 3.15. The van der Waals surface area contributed by atoms with Crippen molar-refractivity contribution in [2.45, 2.75) is 64.1 Å². The van der Waals surface area contributed by atoms with E-state index in [1.807, 2.05) is 0 Å². The van der Waals surface area contributed by atoms with Gasteiger partial charge in [-0.15, -0.1) is 0 Å². The monoisotopic (exact) mass is 418 g/mol. The molecule has 3 aliphatic rings. The quantitative estimate of drug-likeness (QED) is 0.243. The number of carbonyl (C=O) groups excluding carboxylic acids is 3. The van der Waals surface area contributed by atoms with Crippen LogP contribution in [0.25, 0.3) is 0 Å². The van der Waals surface area contributed by atoms with Gasteiger partial charge in [0.15, 0.2) is 0 Å². The molecule has 0 saturated carbocycles. The molecule has 1 saturated heterocycles. The molecule has 0 aliphatic carbocycles. The number of esters is 3. The molecule has 1 N–H and O–H groups in total. The number of carbonyl (C=O) groups is 3. The highest BCUT2D eigenvalue weighted by Crippen LogP contribution is 2.44. The predicted molar refractivity (Wildman–Crippen MR) is 104 cm³/mol. The molecule has 162 valence electrons. The number of fused-ring (bicyclic) bond motifs is 3. The molecule has 8 heteroatoms. The summed E-state index contributed by atoms with van der Waals surface area (Å²) in [7, 11) is 0. The number of hydrogen-bond acceptors (Lipinski definition) is 8. The minimum atomic E-state index is -1.65. The molecular formula is C22H26O8. The predicted octanol–water partition coefficient (Wildman–Crippen LogP) is 2.24. The number of ether oxygens (including phenoxy) is 4. The van der Waals surface area contributed by atoms with Crippen molar-refractivity contribution in [2.24, 2.45) is 5.92 Å². The zero-order valence-corrected chi connectivity index (χ0v) is 17.5. The number of hydrogen-bond donors (Lipinski definition) is 1. The van der Waals surface area contributed by atoms with Crippen LogP contribution in [0.15, 0.2) is 47.8 Å². The van der Waals surface area contributed by atoms with E-state index in [4.69, 9.17) is 18.9 Å². The number of rotatable bonds is 4. The Balaban J connectivity index is 1.96. The summed E-state index contributed by atoms with van der Waals surface area (Å²) in [4.78, 5) is 36.6. The lowest BCUT2D eigenvalue weighted by Crippen LogP contribution is -2.41. The van der Waals surface area contributed by atoms with Crippen LogP contribution in [0.4, 0.5) is 0 Å². The van der Waals surface area contributed by atoms with Gasteiger partial charge in [-0.3, -0.25) is 4.79 Å². The van der Waals surface area contributed by atoms with Crippen LogP contribution in [0.5, 0.6) is 0 Å². The van der Waals surface area contributed by atoms with Gasteiger partial charge in [-0.05, 0) is 44.6 Å². The summed E-state index contributed by atoms with van der Waals surface area (Å²) in [6.07, 6.45) is 4.66. The van der Waals surface area contributed by atoms with E-state index in [-0.39, 0.29) is 24.2 Å². The van der Waals surface area contributed by atoms with Gasteiger partial charge < -0.3 is 24.1 Å². The second kappa shape index (κ2) is 7.85. The zero-order valence-electron chi connectivity index (χ0n) is 17.5. The largest absolute Gasteiger partial charge is 0.456 e. The first-order valence-electron chi connectivity index (χ1n) is 9.81. The minimum absolute atomic E-state index is 0.0945. The summed E-state index contributed by atoms with van der Waals surface area (Å²) in [5.74, 6) is -4.61. The van der Waals surface area contributed by atoms with Gasteiger partial charge in [0.1, 0.15) is 12.2 Å². The van der Waals surface area contributed by atoms with Gasteiger partial charge >= 0.3 is 17.9 Å². The number of allylic oxidation sites excluding steroid dienone is 1. The van der Waals surface area contributed by atoms with E-state index < -0.39 is 47.4 Å². The topological polar surface area (TPSA) is 108 Å². The molecule has 2 bridgehead atoms. The van der Waals surface area contributed by atoms with Crippen molar-refractivity contribution in [3.8, 4) is 0 Å². The Hall–Kier alpha value is -2.71. The van der Waals surface area contributed by atoms with E-state index in [0.717, 1.165) is 0 Å². The SMILES string of the molecule is C=C1C(=O)O[C@@H]2/C=C(/C)[C@@]3(O)C=C[C@@](C)(C[C@H](OC(=O)/C(=C\C)OC(=O)CC)[C@@H]12)O3. The molecule has 5 atom stereocenters. The van der Waals surface area contributed by atoms with E-state index in [1.54, 1.807) is 39.8 Å². The highest BCUT2D eigenvalue weighted by atomic mass is 16.6. The van der Waals surface area contributed by atoms with Crippen LogP contribution >= 0.6 is 0 Å². The van der Waals surface area contributed by atoms with Crippen LogP contribution in [0.1, 0.15) is 40.5 Å². The summed E-state index contributed by atoms with van der Waals surface area (Å²) in [5.41, 5.74) is -0.379. The van der Waals surface area contributed by atoms with Crippen LogP contribution < -0.4 is 0 Å². The third-order valence-corrected chi connectivity index (χ3v) is 5.53. The van der Waals surface area contributed by atoms with Crippen molar-refractivity contribution >= 4 is 17.9 Å². The van der Waals surface area contributed by atoms with Crippen LogP contribution in [0.3, 0.4) is 0 Å². The lowest BCUT2D eigenvalue weighted by atomic mass is 9.83. The molecule has 0 aromatic rings. The smallest absolute Gasteiger partial charge is 0.374 e. The molecule has 0 radical (unpaired) electrons. The molecular weight excluding hydrogens is 392 g/mol. The van der Waals surface area contributed by atoms with Gasteiger partial charge in [0, 0.05) is 18.4 Å². The maximum atomic E-state index is 12.7. The molecule has 8 nitrogen and oxygen atoms in total. The van der Waals surface area contributed by atoms with Gasteiger partial charge in [0.2, 0.25) is 11.5 Å². The Morgan fingerprint density at radius 1 is 1.40 bits per heavy atom. The third-order valence-electron chi connectivity index (χ3n) is 5.53. The van der Waals surface area contributed by atoms with Crippen molar-refractivity contribution < 1.29 is 38.4 Å². The highest BCUT2D eigenvalue weighted by Gasteiger charge is 2.52. The van der Waals surface area contributed by atoms with Gasteiger partial charge in [0.05, 0.1) is 11.5 Å². The molecule has 0 aromatic carbocycles. The summed E-state index contributed by atoms with van der Waals surface area (Å²) in [5, 5.41) is 10.8. The van der Waals surface area contributed by atoms with Crippen molar-refractivity contribution in [3.63, 3.8) is 0 Å². The molecule has 0 amide bonds. The van der Waals surface area contributed by atoms with Crippen LogP contribution in [0.2, 0.25) is 0 Å². The third kappa shape index (κ3) is 3.97. The Bertz CT molecular complexity index is 882.